The molecule has 1 heterocycles. The smallest absolute Gasteiger partial charge is 0.313 e. The molecule has 2 aromatic carbocycles. The largest absolute Gasteiger partial charge is 0.481 e. The number of carboxylic acids is 1. The Kier molecular flexibility index (Phi) is 4.99. The van der Waals surface area contributed by atoms with E-state index in [1.807, 2.05) is 0 Å². The van der Waals surface area contributed by atoms with E-state index < -0.39 is 17.4 Å². The van der Waals surface area contributed by atoms with Gasteiger partial charge in [-0.1, -0.05) is 46.9 Å². The van der Waals surface area contributed by atoms with Crippen molar-refractivity contribution < 1.29 is 9.90 Å². The lowest BCUT2D eigenvalue weighted by Crippen LogP contribution is -2.20. The van der Waals surface area contributed by atoms with Gasteiger partial charge < -0.3 is 5.11 Å². The van der Waals surface area contributed by atoms with E-state index in [9.17, 15) is 14.7 Å². The van der Waals surface area contributed by atoms with Crippen molar-refractivity contribution in [1.82, 2.24) is 10.2 Å². The van der Waals surface area contributed by atoms with Crippen LogP contribution in [-0.2, 0) is 11.2 Å². The molecule has 3 aromatic rings. The van der Waals surface area contributed by atoms with Crippen molar-refractivity contribution in [2.75, 3.05) is 0 Å². The van der Waals surface area contributed by atoms with E-state index in [1.165, 1.54) is 6.07 Å². The number of nitrogens with one attached hydrogen (secondary N) is 1. The summed E-state index contributed by atoms with van der Waals surface area (Å²) in [6.45, 7) is 0. The van der Waals surface area contributed by atoms with Gasteiger partial charge in [0.05, 0.1) is 21.1 Å². The summed E-state index contributed by atoms with van der Waals surface area (Å²) >= 11 is 17.8. The van der Waals surface area contributed by atoms with Gasteiger partial charge in [0.25, 0.3) is 5.56 Å². The summed E-state index contributed by atoms with van der Waals surface area (Å²) in [6, 6.07) is 9.60. The molecule has 0 aliphatic rings. The summed E-state index contributed by atoms with van der Waals surface area (Å²) in [5.74, 6) is -2.04. The van der Waals surface area contributed by atoms with E-state index in [0.29, 0.717) is 26.0 Å². The van der Waals surface area contributed by atoms with Crippen LogP contribution in [0.2, 0.25) is 15.1 Å². The van der Waals surface area contributed by atoms with Crippen LogP contribution in [0.4, 0.5) is 0 Å². The molecule has 0 fully saturated rings. The molecule has 0 saturated heterocycles. The van der Waals surface area contributed by atoms with Crippen LogP contribution in [0.1, 0.15) is 17.2 Å². The lowest BCUT2D eigenvalue weighted by molar-refractivity contribution is -0.138. The second-order valence-electron chi connectivity index (χ2n) is 5.47. The van der Waals surface area contributed by atoms with Crippen molar-refractivity contribution in [1.29, 1.82) is 0 Å². The molecule has 2 N–H and O–H groups in total. The molecule has 1 unspecified atom stereocenters. The van der Waals surface area contributed by atoms with E-state index in [-0.39, 0.29) is 17.5 Å². The highest BCUT2D eigenvalue weighted by atomic mass is 35.5. The van der Waals surface area contributed by atoms with Crippen LogP contribution in [0.3, 0.4) is 0 Å². The van der Waals surface area contributed by atoms with E-state index in [0.717, 1.165) is 0 Å². The molecule has 5 nitrogen and oxygen atoms in total. The standard InChI is InChI=1S/C17H11Cl3N2O3/c18-9-2-3-10-11(7-9)16(23)22-21-15(10)12(17(24)25)5-8-1-4-13(19)14(20)6-8/h1-4,6-7,12H,5H2,(H,22,23)(H,24,25). The highest BCUT2D eigenvalue weighted by Crippen LogP contribution is 2.29. The second kappa shape index (κ2) is 7.04. The number of aliphatic carboxylic acids is 1. The Balaban J connectivity index is 2.11. The van der Waals surface area contributed by atoms with Gasteiger partial charge in [0.1, 0.15) is 5.92 Å². The normalized spacial score (nSPS) is 12.3. The van der Waals surface area contributed by atoms with Crippen molar-refractivity contribution in [3.8, 4) is 0 Å². The maximum absolute atomic E-state index is 12.0. The Morgan fingerprint density at radius 2 is 1.84 bits per heavy atom. The number of carbonyl (C=O) groups is 1. The third-order valence-electron chi connectivity index (χ3n) is 3.83. The fourth-order valence-electron chi connectivity index (χ4n) is 2.63. The molecule has 0 saturated carbocycles. The number of aromatic nitrogens is 2. The summed E-state index contributed by atoms with van der Waals surface area (Å²) in [5.41, 5.74) is 0.515. The molecule has 3 rings (SSSR count). The van der Waals surface area contributed by atoms with Gasteiger partial charge in [0.2, 0.25) is 0 Å². The summed E-state index contributed by atoms with van der Waals surface area (Å²) in [5, 5.41) is 17.8. The number of rotatable bonds is 4. The average molecular weight is 398 g/mol. The molecular formula is C17H11Cl3N2O3. The highest BCUT2D eigenvalue weighted by Gasteiger charge is 2.25. The number of benzene rings is 2. The number of halogens is 3. The first kappa shape index (κ1) is 17.7. The van der Waals surface area contributed by atoms with Gasteiger partial charge in [0.15, 0.2) is 0 Å². The predicted molar refractivity (Wildman–Crippen MR) is 97.9 cm³/mol. The van der Waals surface area contributed by atoms with Crippen LogP contribution < -0.4 is 5.56 Å². The first-order valence-electron chi connectivity index (χ1n) is 7.21. The number of nitrogens with zero attached hydrogens (tertiary/aromatic N) is 1. The van der Waals surface area contributed by atoms with E-state index in [1.54, 1.807) is 30.3 Å². The van der Waals surface area contributed by atoms with Gasteiger partial charge in [-0.3, -0.25) is 9.59 Å². The number of fused-ring (bicyclic) bond motifs is 1. The quantitative estimate of drug-likeness (QED) is 0.688. The molecule has 8 heteroatoms. The maximum atomic E-state index is 12.0. The monoisotopic (exact) mass is 396 g/mol. The predicted octanol–water partition coefficient (Wildman–Crippen LogP) is 4.29. The molecule has 0 aliphatic heterocycles. The van der Waals surface area contributed by atoms with Crippen LogP contribution in [-0.4, -0.2) is 21.3 Å². The third-order valence-corrected chi connectivity index (χ3v) is 4.81. The first-order valence-corrected chi connectivity index (χ1v) is 8.35. The van der Waals surface area contributed by atoms with Crippen molar-refractivity contribution in [2.24, 2.45) is 0 Å². The van der Waals surface area contributed by atoms with Crippen molar-refractivity contribution in [3.05, 3.63) is 73.1 Å². The zero-order chi connectivity index (χ0) is 18.1. The maximum Gasteiger partial charge on any atom is 0.313 e. The molecule has 0 aliphatic carbocycles. The van der Waals surface area contributed by atoms with Gasteiger partial charge in [-0.25, -0.2) is 5.10 Å². The minimum absolute atomic E-state index is 0.142. The lowest BCUT2D eigenvalue weighted by Gasteiger charge is -2.14. The van der Waals surface area contributed by atoms with Crippen molar-refractivity contribution in [3.63, 3.8) is 0 Å². The van der Waals surface area contributed by atoms with Gasteiger partial charge >= 0.3 is 5.97 Å². The Bertz CT molecular complexity index is 1030. The van der Waals surface area contributed by atoms with Gasteiger partial charge in [-0.2, -0.15) is 5.10 Å². The Labute approximate surface area is 157 Å². The minimum Gasteiger partial charge on any atom is -0.481 e. The van der Waals surface area contributed by atoms with Gasteiger partial charge in [-0.15, -0.1) is 0 Å². The highest BCUT2D eigenvalue weighted by molar-refractivity contribution is 6.42. The Morgan fingerprint density at radius 3 is 2.52 bits per heavy atom. The van der Waals surface area contributed by atoms with Crippen LogP contribution in [0.15, 0.2) is 41.2 Å². The van der Waals surface area contributed by atoms with Crippen molar-refractivity contribution >= 4 is 51.5 Å². The number of H-pyrrole nitrogens is 1. The molecule has 25 heavy (non-hydrogen) atoms. The van der Waals surface area contributed by atoms with Crippen LogP contribution >= 0.6 is 34.8 Å². The van der Waals surface area contributed by atoms with Crippen molar-refractivity contribution in [2.45, 2.75) is 12.3 Å². The van der Waals surface area contributed by atoms with Crippen LogP contribution in [0, 0.1) is 0 Å². The zero-order valence-corrected chi connectivity index (χ0v) is 14.9. The lowest BCUT2D eigenvalue weighted by atomic mass is 9.93. The number of hydrogen-bond donors (Lipinski definition) is 2. The van der Waals surface area contributed by atoms with E-state index >= 15 is 0 Å². The van der Waals surface area contributed by atoms with E-state index in [4.69, 9.17) is 34.8 Å². The zero-order valence-electron chi connectivity index (χ0n) is 12.6. The number of carboxylic acid groups (broad SMARTS) is 1. The fraction of sp³-hybridized carbons (Fsp3) is 0.118. The molecule has 0 amide bonds. The third kappa shape index (κ3) is 3.63. The summed E-state index contributed by atoms with van der Waals surface area (Å²) < 4.78 is 0. The number of aromatic amines is 1. The van der Waals surface area contributed by atoms with Crippen LogP contribution in [0.25, 0.3) is 10.8 Å². The number of hydrogen-bond acceptors (Lipinski definition) is 3. The second-order valence-corrected chi connectivity index (χ2v) is 6.72. The fourth-order valence-corrected chi connectivity index (χ4v) is 3.12. The molecule has 0 spiro atoms. The molecule has 1 atom stereocenters. The Morgan fingerprint density at radius 1 is 1.08 bits per heavy atom. The Hall–Kier alpha value is -2.08. The minimum atomic E-state index is -1.07. The van der Waals surface area contributed by atoms with Gasteiger partial charge in [0, 0.05) is 10.4 Å². The first-order chi connectivity index (χ1) is 11.9. The van der Waals surface area contributed by atoms with Crippen LogP contribution in [0.5, 0.6) is 0 Å². The molecule has 0 bridgehead atoms. The topological polar surface area (TPSA) is 83.0 Å². The summed E-state index contributed by atoms with van der Waals surface area (Å²) in [6.07, 6.45) is 0.142. The molecule has 0 radical (unpaired) electrons. The molecule has 1 aromatic heterocycles. The summed E-state index contributed by atoms with van der Waals surface area (Å²) in [4.78, 5) is 23.8. The summed E-state index contributed by atoms with van der Waals surface area (Å²) in [7, 11) is 0. The van der Waals surface area contributed by atoms with E-state index in [2.05, 4.69) is 10.2 Å². The van der Waals surface area contributed by atoms with Gasteiger partial charge in [-0.05, 0) is 36.2 Å². The molecular weight excluding hydrogens is 387 g/mol. The SMILES string of the molecule is O=C(O)C(Cc1ccc(Cl)c(Cl)c1)c1n[nH]c(=O)c2cc(Cl)ccc12. The average Bonchev–Trinajstić information content (AvgIpc) is 2.57. The molecule has 128 valence electrons.